The SMILES string of the molecule is O=C(NCCC=Cc1ccc(C(F)(F)F)cc1F)OCC1c2ccccc2-c2ccccc21. The lowest BCUT2D eigenvalue weighted by molar-refractivity contribution is -0.137. The van der Waals surface area contributed by atoms with Crippen molar-refractivity contribution >= 4 is 12.2 Å². The highest BCUT2D eigenvalue weighted by Gasteiger charge is 2.31. The second kappa shape index (κ2) is 9.48. The van der Waals surface area contributed by atoms with Crippen LogP contribution in [0, 0.1) is 5.82 Å². The van der Waals surface area contributed by atoms with Gasteiger partial charge in [-0.25, -0.2) is 9.18 Å². The second-order valence-corrected chi connectivity index (χ2v) is 7.68. The van der Waals surface area contributed by atoms with Crippen molar-refractivity contribution < 1.29 is 27.1 Å². The van der Waals surface area contributed by atoms with Gasteiger partial charge in [0.2, 0.25) is 0 Å². The number of carbonyl (C=O) groups excluding carboxylic acids is 1. The van der Waals surface area contributed by atoms with E-state index in [9.17, 15) is 22.4 Å². The molecule has 0 spiro atoms. The molecule has 3 aromatic rings. The van der Waals surface area contributed by atoms with E-state index >= 15 is 0 Å². The third-order valence-corrected chi connectivity index (χ3v) is 5.55. The van der Waals surface area contributed by atoms with Crippen molar-refractivity contribution in [3.63, 3.8) is 0 Å². The molecule has 0 bridgehead atoms. The van der Waals surface area contributed by atoms with Gasteiger partial charge in [-0.15, -0.1) is 0 Å². The highest BCUT2D eigenvalue weighted by molar-refractivity contribution is 5.79. The van der Waals surface area contributed by atoms with E-state index in [1.807, 2.05) is 36.4 Å². The summed E-state index contributed by atoms with van der Waals surface area (Å²) < 4.78 is 57.1. The summed E-state index contributed by atoms with van der Waals surface area (Å²) in [6.45, 7) is 0.446. The van der Waals surface area contributed by atoms with Gasteiger partial charge in [-0.2, -0.15) is 13.2 Å². The number of fused-ring (bicyclic) bond motifs is 3. The summed E-state index contributed by atoms with van der Waals surface area (Å²) in [4.78, 5) is 12.1. The smallest absolute Gasteiger partial charge is 0.416 e. The molecular formula is C26H21F4NO2. The summed E-state index contributed by atoms with van der Waals surface area (Å²) in [6, 6.07) is 18.4. The first-order valence-corrected chi connectivity index (χ1v) is 10.5. The van der Waals surface area contributed by atoms with Crippen LogP contribution in [0.25, 0.3) is 17.2 Å². The third-order valence-electron chi connectivity index (χ3n) is 5.55. The number of alkyl carbamates (subject to hydrolysis) is 1. The number of rotatable bonds is 6. The van der Waals surface area contributed by atoms with Crippen LogP contribution in [0.1, 0.15) is 34.6 Å². The van der Waals surface area contributed by atoms with Crippen LogP contribution in [-0.4, -0.2) is 19.2 Å². The molecule has 0 saturated heterocycles. The molecule has 0 fully saturated rings. The van der Waals surface area contributed by atoms with E-state index in [0.717, 1.165) is 34.4 Å². The Morgan fingerprint density at radius 2 is 1.61 bits per heavy atom. The minimum absolute atomic E-state index is 0.0364. The minimum Gasteiger partial charge on any atom is -0.449 e. The van der Waals surface area contributed by atoms with Crippen LogP contribution in [0.3, 0.4) is 0 Å². The highest BCUT2D eigenvalue weighted by atomic mass is 19.4. The molecule has 0 heterocycles. The molecule has 3 aromatic carbocycles. The van der Waals surface area contributed by atoms with E-state index in [1.165, 1.54) is 6.08 Å². The largest absolute Gasteiger partial charge is 0.449 e. The Kier molecular flexibility index (Phi) is 6.49. The van der Waals surface area contributed by atoms with Gasteiger partial charge in [-0.3, -0.25) is 0 Å². The molecule has 0 aliphatic heterocycles. The Morgan fingerprint density at radius 3 is 2.21 bits per heavy atom. The molecule has 0 aromatic heterocycles. The predicted molar refractivity (Wildman–Crippen MR) is 118 cm³/mol. The van der Waals surface area contributed by atoms with Gasteiger partial charge in [0, 0.05) is 18.0 Å². The molecule has 1 N–H and O–H groups in total. The Hall–Kier alpha value is -3.61. The third kappa shape index (κ3) is 5.08. The van der Waals surface area contributed by atoms with Gasteiger partial charge in [0.15, 0.2) is 0 Å². The van der Waals surface area contributed by atoms with Crippen molar-refractivity contribution in [2.75, 3.05) is 13.2 Å². The quantitative estimate of drug-likeness (QED) is 0.328. The van der Waals surface area contributed by atoms with Crippen LogP contribution < -0.4 is 5.32 Å². The summed E-state index contributed by atoms with van der Waals surface area (Å²) in [6.07, 6.45) is -1.82. The Bertz CT molecular complexity index is 1140. The number of hydrogen-bond acceptors (Lipinski definition) is 2. The van der Waals surface area contributed by atoms with Crippen LogP contribution in [-0.2, 0) is 10.9 Å². The fraction of sp³-hybridized carbons (Fsp3) is 0.192. The minimum atomic E-state index is -4.59. The van der Waals surface area contributed by atoms with Gasteiger partial charge in [0.05, 0.1) is 5.56 Å². The maximum absolute atomic E-state index is 13.8. The Balaban J connectivity index is 1.26. The lowest BCUT2D eigenvalue weighted by atomic mass is 9.98. The summed E-state index contributed by atoms with van der Waals surface area (Å²) in [5.74, 6) is -0.990. The van der Waals surface area contributed by atoms with Gasteiger partial charge in [0.1, 0.15) is 12.4 Å². The molecule has 0 saturated carbocycles. The summed E-state index contributed by atoms with van der Waals surface area (Å²) in [7, 11) is 0. The number of ether oxygens (including phenoxy) is 1. The average Bonchev–Trinajstić information content (AvgIpc) is 3.11. The number of carbonyl (C=O) groups is 1. The maximum atomic E-state index is 13.8. The molecule has 0 atom stereocenters. The van der Waals surface area contributed by atoms with Crippen molar-refractivity contribution in [3.05, 3.63) is 101 Å². The van der Waals surface area contributed by atoms with Gasteiger partial charge >= 0.3 is 12.3 Å². The number of amides is 1. The van der Waals surface area contributed by atoms with Crippen LogP contribution in [0.15, 0.2) is 72.8 Å². The normalized spacial score (nSPS) is 13.1. The molecule has 1 aliphatic rings. The molecule has 3 nitrogen and oxygen atoms in total. The van der Waals surface area contributed by atoms with Crippen molar-refractivity contribution in [1.82, 2.24) is 5.32 Å². The molecule has 1 amide bonds. The zero-order valence-corrected chi connectivity index (χ0v) is 17.5. The summed E-state index contributed by atoms with van der Waals surface area (Å²) >= 11 is 0. The first-order chi connectivity index (χ1) is 15.8. The van der Waals surface area contributed by atoms with E-state index in [-0.39, 0.29) is 24.6 Å². The lowest BCUT2D eigenvalue weighted by Gasteiger charge is -2.14. The monoisotopic (exact) mass is 455 g/mol. The number of hydrogen-bond donors (Lipinski definition) is 1. The van der Waals surface area contributed by atoms with E-state index in [2.05, 4.69) is 17.4 Å². The molecular weight excluding hydrogens is 434 g/mol. The lowest BCUT2D eigenvalue weighted by Crippen LogP contribution is -2.26. The number of alkyl halides is 3. The maximum Gasteiger partial charge on any atom is 0.416 e. The van der Waals surface area contributed by atoms with E-state index < -0.39 is 23.7 Å². The first-order valence-electron chi connectivity index (χ1n) is 10.5. The molecule has 170 valence electrons. The molecule has 1 aliphatic carbocycles. The van der Waals surface area contributed by atoms with Gasteiger partial charge < -0.3 is 10.1 Å². The van der Waals surface area contributed by atoms with Crippen molar-refractivity contribution in [2.45, 2.75) is 18.5 Å². The van der Waals surface area contributed by atoms with E-state index in [4.69, 9.17) is 4.74 Å². The van der Waals surface area contributed by atoms with Crippen molar-refractivity contribution in [3.8, 4) is 11.1 Å². The molecule has 4 rings (SSSR count). The average molecular weight is 455 g/mol. The summed E-state index contributed by atoms with van der Waals surface area (Å²) in [5, 5.41) is 2.63. The number of halogens is 4. The zero-order chi connectivity index (χ0) is 23.4. The molecule has 0 radical (unpaired) electrons. The van der Waals surface area contributed by atoms with Gasteiger partial charge in [-0.05, 0) is 40.8 Å². The van der Waals surface area contributed by atoms with Crippen LogP contribution in [0.2, 0.25) is 0 Å². The second-order valence-electron chi connectivity index (χ2n) is 7.68. The standard InChI is InChI=1S/C26H21F4NO2/c27-24-15-18(26(28,29)30)13-12-17(24)7-5-6-14-31-25(32)33-16-23-21-10-3-1-8-19(21)20-9-2-4-11-22(20)23/h1-5,7-13,15,23H,6,14,16H2,(H,31,32). The Labute approximate surface area is 188 Å². The van der Waals surface area contributed by atoms with Crippen LogP contribution in [0.4, 0.5) is 22.4 Å². The summed E-state index contributed by atoms with van der Waals surface area (Å²) in [5.41, 5.74) is 3.53. The van der Waals surface area contributed by atoms with E-state index in [0.29, 0.717) is 12.5 Å². The van der Waals surface area contributed by atoms with E-state index in [1.54, 1.807) is 6.08 Å². The molecule has 7 heteroatoms. The van der Waals surface area contributed by atoms with Crippen LogP contribution >= 0.6 is 0 Å². The van der Waals surface area contributed by atoms with Gasteiger partial charge in [0.25, 0.3) is 0 Å². The molecule has 33 heavy (non-hydrogen) atoms. The van der Waals surface area contributed by atoms with Crippen LogP contribution in [0.5, 0.6) is 0 Å². The zero-order valence-electron chi connectivity index (χ0n) is 17.5. The van der Waals surface area contributed by atoms with Gasteiger partial charge in [-0.1, -0.05) is 66.7 Å². The van der Waals surface area contributed by atoms with Crippen molar-refractivity contribution in [1.29, 1.82) is 0 Å². The fourth-order valence-electron chi connectivity index (χ4n) is 3.96. The Morgan fingerprint density at radius 1 is 0.970 bits per heavy atom. The molecule has 0 unspecified atom stereocenters. The predicted octanol–water partition coefficient (Wildman–Crippen LogP) is 6.79. The first kappa shape index (κ1) is 22.6. The van der Waals surface area contributed by atoms with Crippen molar-refractivity contribution in [2.24, 2.45) is 0 Å². The number of nitrogens with one attached hydrogen (secondary N) is 1. The highest BCUT2D eigenvalue weighted by Crippen LogP contribution is 2.44. The topological polar surface area (TPSA) is 38.3 Å². The number of benzene rings is 3. The fourth-order valence-corrected chi connectivity index (χ4v) is 3.96.